The van der Waals surface area contributed by atoms with E-state index in [-0.39, 0.29) is 23.2 Å². The number of rotatable bonds is 3. The van der Waals surface area contributed by atoms with Crippen LogP contribution in [0.5, 0.6) is 5.75 Å². The standard InChI is InChI=1S/C10H13BrFNO2/c1-5-7(12)4-6(11)10(15)9(5)8(13)2-3-14/h4,8,14-15H,2-3,13H2,1H3. The molecule has 84 valence electrons. The molecule has 0 bridgehead atoms. The van der Waals surface area contributed by atoms with E-state index in [4.69, 9.17) is 10.8 Å². The van der Waals surface area contributed by atoms with Crippen molar-refractivity contribution >= 4 is 15.9 Å². The summed E-state index contributed by atoms with van der Waals surface area (Å²) in [6.07, 6.45) is 0.282. The Labute approximate surface area is 95.9 Å². The predicted octanol–water partition coefficient (Wildman–Crippen LogP) is 1.98. The van der Waals surface area contributed by atoms with Crippen LogP contribution >= 0.6 is 15.9 Å². The van der Waals surface area contributed by atoms with Crippen LogP contribution in [0.1, 0.15) is 23.6 Å². The molecule has 1 unspecified atom stereocenters. The van der Waals surface area contributed by atoms with Crippen LogP contribution in [-0.2, 0) is 0 Å². The lowest BCUT2D eigenvalue weighted by atomic mass is 9.98. The highest BCUT2D eigenvalue weighted by atomic mass is 79.9. The molecule has 0 saturated heterocycles. The topological polar surface area (TPSA) is 66.5 Å². The lowest BCUT2D eigenvalue weighted by Gasteiger charge is -2.16. The van der Waals surface area contributed by atoms with Gasteiger partial charge in [-0.1, -0.05) is 0 Å². The van der Waals surface area contributed by atoms with Crippen molar-refractivity contribution in [2.75, 3.05) is 6.61 Å². The molecule has 1 aromatic rings. The first-order valence-corrected chi connectivity index (χ1v) is 5.32. The van der Waals surface area contributed by atoms with Crippen LogP contribution in [0.4, 0.5) is 4.39 Å². The Morgan fingerprint density at radius 1 is 1.60 bits per heavy atom. The van der Waals surface area contributed by atoms with Crippen molar-refractivity contribution in [2.45, 2.75) is 19.4 Å². The number of benzene rings is 1. The zero-order valence-electron chi connectivity index (χ0n) is 8.30. The first-order valence-electron chi connectivity index (χ1n) is 4.53. The first-order chi connectivity index (χ1) is 6.99. The quantitative estimate of drug-likeness (QED) is 0.792. The monoisotopic (exact) mass is 277 g/mol. The van der Waals surface area contributed by atoms with Gasteiger partial charge in [0, 0.05) is 18.2 Å². The second kappa shape index (κ2) is 4.92. The number of aliphatic hydroxyl groups excluding tert-OH is 1. The summed E-state index contributed by atoms with van der Waals surface area (Å²) in [5, 5.41) is 18.5. The van der Waals surface area contributed by atoms with Crippen LogP contribution < -0.4 is 5.73 Å². The summed E-state index contributed by atoms with van der Waals surface area (Å²) in [5.41, 5.74) is 6.40. The Kier molecular flexibility index (Phi) is 4.07. The summed E-state index contributed by atoms with van der Waals surface area (Å²) >= 11 is 3.04. The molecule has 0 amide bonds. The lowest BCUT2D eigenvalue weighted by molar-refractivity contribution is 0.275. The van der Waals surface area contributed by atoms with Gasteiger partial charge in [-0.15, -0.1) is 0 Å². The minimum absolute atomic E-state index is 0.0603. The largest absolute Gasteiger partial charge is 0.506 e. The molecule has 0 aromatic heterocycles. The van der Waals surface area contributed by atoms with Crippen molar-refractivity contribution in [1.29, 1.82) is 0 Å². The molecule has 0 aliphatic carbocycles. The van der Waals surface area contributed by atoms with Crippen molar-refractivity contribution in [3.05, 3.63) is 27.5 Å². The summed E-state index contributed by atoms with van der Waals surface area (Å²) in [6.45, 7) is 1.45. The van der Waals surface area contributed by atoms with Gasteiger partial charge in [-0.3, -0.25) is 0 Å². The third kappa shape index (κ3) is 2.48. The molecule has 15 heavy (non-hydrogen) atoms. The first kappa shape index (κ1) is 12.4. The van der Waals surface area contributed by atoms with Gasteiger partial charge < -0.3 is 15.9 Å². The SMILES string of the molecule is Cc1c(F)cc(Br)c(O)c1C(N)CCO. The van der Waals surface area contributed by atoms with Crippen LogP contribution in [0.3, 0.4) is 0 Å². The summed E-state index contributed by atoms with van der Waals surface area (Å²) < 4.78 is 13.6. The van der Waals surface area contributed by atoms with Crippen LogP contribution in [0, 0.1) is 12.7 Å². The van der Waals surface area contributed by atoms with E-state index in [0.29, 0.717) is 11.1 Å². The minimum atomic E-state index is -0.568. The maximum Gasteiger partial charge on any atom is 0.134 e. The number of nitrogens with two attached hydrogens (primary N) is 1. The van der Waals surface area contributed by atoms with Gasteiger partial charge in [0.05, 0.1) is 4.47 Å². The van der Waals surface area contributed by atoms with Gasteiger partial charge >= 0.3 is 0 Å². The summed E-state index contributed by atoms with van der Waals surface area (Å²) in [5.74, 6) is -0.488. The fourth-order valence-electron chi connectivity index (χ4n) is 1.46. The Bertz CT molecular complexity index is 345. The van der Waals surface area contributed by atoms with Gasteiger partial charge in [-0.2, -0.15) is 0 Å². The average molecular weight is 278 g/mol. The van der Waals surface area contributed by atoms with E-state index in [0.717, 1.165) is 0 Å². The number of aliphatic hydroxyl groups is 1. The molecule has 1 rings (SSSR count). The molecular formula is C10H13BrFNO2. The van der Waals surface area contributed by atoms with Crippen molar-refractivity contribution in [2.24, 2.45) is 5.73 Å². The fourth-order valence-corrected chi connectivity index (χ4v) is 1.87. The Morgan fingerprint density at radius 3 is 2.73 bits per heavy atom. The fraction of sp³-hybridized carbons (Fsp3) is 0.400. The van der Waals surface area contributed by atoms with Crippen LogP contribution in [0.2, 0.25) is 0 Å². The molecule has 1 atom stereocenters. The average Bonchev–Trinajstić information content (AvgIpc) is 2.16. The molecule has 5 heteroatoms. The van der Waals surface area contributed by atoms with Crippen molar-refractivity contribution < 1.29 is 14.6 Å². The second-order valence-corrected chi connectivity index (χ2v) is 4.20. The highest BCUT2D eigenvalue weighted by Crippen LogP contribution is 2.36. The third-order valence-electron chi connectivity index (χ3n) is 2.31. The molecule has 0 aliphatic heterocycles. The highest BCUT2D eigenvalue weighted by molar-refractivity contribution is 9.10. The van der Waals surface area contributed by atoms with E-state index in [1.165, 1.54) is 6.07 Å². The molecule has 0 radical (unpaired) electrons. The maximum absolute atomic E-state index is 13.4. The molecule has 1 aromatic carbocycles. The van der Waals surface area contributed by atoms with Gasteiger partial charge in [0.15, 0.2) is 0 Å². The van der Waals surface area contributed by atoms with E-state index in [1.807, 2.05) is 0 Å². The Balaban J connectivity index is 3.26. The van der Waals surface area contributed by atoms with Crippen molar-refractivity contribution in [1.82, 2.24) is 0 Å². The summed E-state index contributed by atoms with van der Waals surface area (Å²) in [4.78, 5) is 0. The molecule has 0 heterocycles. The van der Waals surface area contributed by atoms with Gasteiger partial charge in [0.25, 0.3) is 0 Å². The van der Waals surface area contributed by atoms with Gasteiger partial charge in [0.2, 0.25) is 0 Å². The van der Waals surface area contributed by atoms with E-state index in [9.17, 15) is 9.50 Å². The molecule has 0 fully saturated rings. The minimum Gasteiger partial charge on any atom is -0.506 e. The normalized spacial score (nSPS) is 12.9. The van der Waals surface area contributed by atoms with Gasteiger partial charge in [-0.25, -0.2) is 4.39 Å². The van der Waals surface area contributed by atoms with Crippen molar-refractivity contribution in [3.8, 4) is 5.75 Å². The highest BCUT2D eigenvalue weighted by Gasteiger charge is 2.18. The molecule has 0 saturated carbocycles. The molecule has 0 spiro atoms. The third-order valence-corrected chi connectivity index (χ3v) is 2.91. The molecule has 4 N–H and O–H groups in total. The van der Waals surface area contributed by atoms with E-state index in [1.54, 1.807) is 6.92 Å². The zero-order valence-corrected chi connectivity index (χ0v) is 9.88. The molecular weight excluding hydrogens is 265 g/mol. The number of phenols is 1. The van der Waals surface area contributed by atoms with Gasteiger partial charge in [-0.05, 0) is 40.9 Å². The van der Waals surface area contributed by atoms with E-state index in [2.05, 4.69) is 15.9 Å². The number of phenolic OH excluding ortho intramolecular Hbond substituents is 1. The van der Waals surface area contributed by atoms with Crippen LogP contribution in [0.15, 0.2) is 10.5 Å². The molecule has 3 nitrogen and oxygen atoms in total. The van der Waals surface area contributed by atoms with Crippen LogP contribution in [-0.4, -0.2) is 16.8 Å². The van der Waals surface area contributed by atoms with Crippen LogP contribution in [0.25, 0.3) is 0 Å². The Morgan fingerprint density at radius 2 is 2.20 bits per heavy atom. The number of aromatic hydroxyl groups is 1. The Hall–Kier alpha value is -0.650. The number of hydrogen-bond donors (Lipinski definition) is 3. The zero-order chi connectivity index (χ0) is 11.6. The summed E-state index contributed by atoms with van der Waals surface area (Å²) in [6, 6.07) is 0.627. The van der Waals surface area contributed by atoms with E-state index >= 15 is 0 Å². The second-order valence-electron chi connectivity index (χ2n) is 3.35. The van der Waals surface area contributed by atoms with Crippen molar-refractivity contribution in [3.63, 3.8) is 0 Å². The summed E-state index contributed by atoms with van der Waals surface area (Å²) in [7, 11) is 0. The lowest BCUT2D eigenvalue weighted by Crippen LogP contribution is -2.14. The van der Waals surface area contributed by atoms with Gasteiger partial charge in [0.1, 0.15) is 11.6 Å². The maximum atomic E-state index is 13.4. The predicted molar refractivity (Wildman–Crippen MR) is 59.1 cm³/mol. The number of hydrogen-bond acceptors (Lipinski definition) is 3. The van der Waals surface area contributed by atoms with E-state index < -0.39 is 11.9 Å². The molecule has 0 aliphatic rings. The number of halogens is 2. The smallest absolute Gasteiger partial charge is 0.134 e.